The van der Waals surface area contributed by atoms with Crippen molar-refractivity contribution in [2.75, 3.05) is 13.2 Å². The summed E-state index contributed by atoms with van der Waals surface area (Å²) in [6.07, 6.45) is 3.50. The molecule has 2 aromatic rings. The molecular weight excluding hydrogens is 446 g/mol. The van der Waals surface area contributed by atoms with Crippen molar-refractivity contribution in [3.8, 4) is 11.5 Å². The summed E-state index contributed by atoms with van der Waals surface area (Å²) in [4.78, 5) is 44.7. The van der Waals surface area contributed by atoms with E-state index in [4.69, 9.17) is 9.47 Å². The first-order valence-electron chi connectivity index (χ1n) is 10.9. The summed E-state index contributed by atoms with van der Waals surface area (Å²) in [5.41, 5.74) is -0.0922. The maximum Gasteiger partial charge on any atom is 0.269 e. The number of non-ortho nitro benzene ring substituents is 2. The summed E-state index contributed by atoms with van der Waals surface area (Å²) in [6.45, 7) is -0.273. The molecule has 0 unspecified atom stereocenters. The van der Waals surface area contributed by atoms with Crippen LogP contribution in [0.15, 0.2) is 48.5 Å². The molecule has 0 atom stereocenters. The van der Waals surface area contributed by atoms with E-state index >= 15 is 0 Å². The Morgan fingerprint density at radius 3 is 1.74 bits per heavy atom. The fourth-order valence-corrected chi connectivity index (χ4v) is 3.80. The molecule has 1 aliphatic rings. The first-order valence-corrected chi connectivity index (χ1v) is 10.9. The number of carbonyl (C=O) groups excluding carboxylic acids is 2. The quantitative estimate of drug-likeness (QED) is 0.386. The van der Waals surface area contributed by atoms with Crippen molar-refractivity contribution >= 4 is 23.1 Å². The molecule has 0 aromatic heterocycles. The molecule has 0 saturated heterocycles. The van der Waals surface area contributed by atoms with Gasteiger partial charge in [0.25, 0.3) is 17.3 Å². The minimum absolute atomic E-state index is 0.00988. The number of rotatable bonds is 11. The normalized spacial score (nSPS) is 17.4. The number of ketones is 1. The van der Waals surface area contributed by atoms with Gasteiger partial charge >= 0.3 is 0 Å². The van der Waals surface area contributed by atoms with Crippen molar-refractivity contribution in [1.82, 2.24) is 5.32 Å². The van der Waals surface area contributed by atoms with Gasteiger partial charge in [-0.2, -0.15) is 0 Å². The summed E-state index contributed by atoms with van der Waals surface area (Å²) in [6, 6.07) is 11.1. The van der Waals surface area contributed by atoms with Crippen LogP contribution < -0.4 is 14.8 Å². The minimum atomic E-state index is -0.508. The number of ether oxygens (including phenoxy) is 2. The molecule has 3 rings (SSSR count). The maximum absolute atomic E-state index is 12.2. The largest absolute Gasteiger partial charge is 0.486 e. The molecule has 0 heterocycles. The highest BCUT2D eigenvalue weighted by atomic mass is 16.6. The second-order valence-electron chi connectivity index (χ2n) is 8.11. The summed E-state index contributed by atoms with van der Waals surface area (Å²) in [5.74, 6) is 0.689. The van der Waals surface area contributed by atoms with E-state index in [0.29, 0.717) is 17.9 Å². The van der Waals surface area contributed by atoms with Crippen LogP contribution in [0.25, 0.3) is 0 Å². The lowest BCUT2D eigenvalue weighted by Gasteiger charge is -2.28. The SMILES string of the molecule is O=C(COc1ccc([N+](=O)[O-])cc1)CC1CCC(NC(=O)COc2ccc([N+](=O)[O-])cc2)CC1. The number of amides is 1. The molecule has 0 bridgehead atoms. The van der Waals surface area contributed by atoms with Gasteiger partial charge in [-0.1, -0.05) is 0 Å². The number of carbonyl (C=O) groups is 2. The summed E-state index contributed by atoms with van der Waals surface area (Å²) in [7, 11) is 0. The summed E-state index contributed by atoms with van der Waals surface area (Å²) in [5, 5.41) is 24.2. The Morgan fingerprint density at radius 2 is 1.26 bits per heavy atom. The van der Waals surface area contributed by atoms with Crippen LogP contribution in [0.1, 0.15) is 32.1 Å². The smallest absolute Gasteiger partial charge is 0.269 e. The minimum Gasteiger partial charge on any atom is -0.486 e. The predicted octanol–water partition coefficient (Wildman–Crippen LogP) is 3.60. The standard InChI is InChI=1S/C23H25N3O8/c27-20(14-33-21-9-5-18(6-10-21)25(29)30)13-16-1-3-17(4-2-16)24-23(28)15-34-22-11-7-19(8-12-22)26(31)32/h5-12,16-17H,1-4,13-15H2,(H,24,28). The highest BCUT2D eigenvalue weighted by Crippen LogP contribution is 2.27. The van der Waals surface area contributed by atoms with Gasteiger partial charge in [0.2, 0.25) is 0 Å². The fraction of sp³-hybridized carbons (Fsp3) is 0.391. The molecule has 11 nitrogen and oxygen atoms in total. The van der Waals surface area contributed by atoms with Crippen molar-refractivity contribution < 1.29 is 28.9 Å². The van der Waals surface area contributed by atoms with E-state index in [9.17, 15) is 29.8 Å². The van der Waals surface area contributed by atoms with E-state index in [1.165, 1.54) is 48.5 Å². The molecule has 1 N–H and O–H groups in total. The Bertz CT molecular complexity index is 932. The number of Topliss-reactive ketones (excluding diaryl/α,β-unsaturated/α-hetero) is 1. The van der Waals surface area contributed by atoms with E-state index < -0.39 is 9.85 Å². The Kier molecular flexibility index (Phi) is 8.49. The Hall–Kier alpha value is -4.02. The molecule has 0 aliphatic heterocycles. The topological polar surface area (TPSA) is 151 Å². The lowest BCUT2D eigenvalue weighted by atomic mass is 9.83. The van der Waals surface area contributed by atoms with E-state index in [-0.39, 0.29) is 48.2 Å². The van der Waals surface area contributed by atoms with Gasteiger partial charge in [-0.15, -0.1) is 0 Å². The third-order valence-corrected chi connectivity index (χ3v) is 5.59. The van der Waals surface area contributed by atoms with Gasteiger partial charge in [0, 0.05) is 36.7 Å². The predicted molar refractivity (Wildman–Crippen MR) is 121 cm³/mol. The summed E-state index contributed by atoms with van der Waals surface area (Å²) < 4.78 is 10.8. The van der Waals surface area contributed by atoms with Crippen LogP contribution in [0.3, 0.4) is 0 Å². The van der Waals surface area contributed by atoms with Crippen LogP contribution in [0, 0.1) is 26.1 Å². The molecule has 0 radical (unpaired) electrons. The zero-order valence-electron chi connectivity index (χ0n) is 18.4. The maximum atomic E-state index is 12.2. The molecule has 34 heavy (non-hydrogen) atoms. The number of nitrogens with one attached hydrogen (secondary N) is 1. The van der Waals surface area contributed by atoms with Gasteiger partial charge in [0.05, 0.1) is 9.85 Å². The Morgan fingerprint density at radius 1 is 0.794 bits per heavy atom. The van der Waals surface area contributed by atoms with Crippen molar-refractivity contribution in [2.24, 2.45) is 5.92 Å². The number of nitrogens with zero attached hydrogens (tertiary/aromatic N) is 2. The molecule has 11 heteroatoms. The third-order valence-electron chi connectivity index (χ3n) is 5.59. The van der Waals surface area contributed by atoms with Gasteiger partial charge < -0.3 is 14.8 Å². The molecule has 0 spiro atoms. The van der Waals surface area contributed by atoms with Gasteiger partial charge in [-0.05, 0) is 55.9 Å². The zero-order valence-corrected chi connectivity index (χ0v) is 18.4. The van der Waals surface area contributed by atoms with Crippen molar-refractivity contribution in [3.05, 3.63) is 68.8 Å². The van der Waals surface area contributed by atoms with Crippen molar-refractivity contribution in [2.45, 2.75) is 38.1 Å². The van der Waals surface area contributed by atoms with Crippen LogP contribution in [0.2, 0.25) is 0 Å². The molecule has 1 aliphatic carbocycles. The van der Waals surface area contributed by atoms with Gasteiger partial charge in [-0.3, -0.25) is 29.8 Å². The van der Waals surface area contributed by atoms with Crippen LogP contribution >= 0.6 is 0 Å². The van der Waals surface area contributed by atoms with Gasteiger partial charge in [0.1, 0.15) is 18.1 Å². The first-order chi connectivity index (χ1) is 16.3. The van der Waals surface area contributed by atoms with E-state index in [1.54, 1.807) is 0 Å². The van der Waals surface area contributed by atoms with Crippen LogP contribution in [0.5, 0.6) is 11.5 Å². The van der Waals surface area contributed by atoms with Crippen LogP contribution in [0.4, 0.5) is 11.4 Å². The molecule has 180 valence electrons. The molecule has 1 fully saturated rings. The second-order valence-corrected chi connectivity index (χ2v) is 8.11. The van der Waals surface area contributed by atoms with E-state index in [2.05, 4.69) is 5.32 Å². The first kappa shape index (κ1) is 24.6. The van der Waals surface area contributed by atoms with E-state index in [1.807, 2.05) is 0 Å². The van der Waals surface area contributed by atoms with Gasteiger partial charge in [0.15, 0.2) is 12.4 Å². The van der Waals surface area contributed by atoms with E-state index in [0.717, 1.165) is 25.7 Å². The molecule has 1 saturated carbocycles. The van der Waals surface area contributed by atoms with Crippen molar-refractivity contribution in [3.63, 3.8) is 0 Å². The number of nitro groups is 2. The Balaban J connectivity index is 1.32. The van der Waals surface area contributed by atoms with Gasteiger partial charge in [-0.25, -0.2) is 0 Å². The highest BCUT2D eigenvalue weighted by molar-refractivity contribution is 5.80. The number of benzene rings is 2. The zero-order chi connectivity index (χ0) is 24.5. The second kappa shape index (κ2) is 11.7. The number of hydrogen-bond donors (Lipinski definition) is 1. The van der Waals surface area contributed by atoms with Crippen molar-refractivity contribution in [1.29, 1.82) is 0 Å². The fourth-order valence-electron chi connectivity index (χ4n) is 3.80. The molecule has 2 aromatic carbocycles. The average Bonchev–Trinajstić information content (AvgIpc) is 2.83. The molecular formula is C23H25N3O8. The number of hydrogen-bond acceptors (Lipinski definition) is 8. The third kappa shape index (κ3) is 7.54. The van der Waals surface area contributed by atoms with Crippen LogP contribution in [-0.2, 0) is 9.59 Å². The van der Waals surface area contributed by atoms with Crippen LogP contribution in [-0.4, -0.2) is 40.8 Å². The highest BCUT2D eigenvalue weighted by Gasteiger charge is 2.24. The monoisotopic (exact) mass is 471 g/mol. The number of nitro benzene ring substituents is 2. The summed E-state index contributed by atoms with van der Waals surface area (Å²) >= 11 is 0. The molecule has 1 amide bonds. The average molecular weight is 471 g/mol. The Labute approximate surface area is 195 Å². The lowest BCUT2D eigenvalue weighted by Crippen LogP contribution is -2.40. The lowest BCUT2D eigenvalue weighted by molar-refractivity contribution is -0.385.